The molecular formula is C13H17NO4. The Balaban J connectivity index is 2.59. The molecule has 0 aliphatic rings. The number of aromatic hydroxyl groups is 1. The lowest BCUT2D eigenvalue weighted by Crippen LogP contribution is -2.32. The summed E-state index contributed by atoms with van der Waals surface area (Å²) in [6.07, 6.45) is 0.0370. The molecule has 0 unspecified atom stereocenters. The van der Waals surface area contributed by atoms with Crippen LogP contribution < -0.4 is 5.32 Å². The van der Waals surface area contributed by atoms with E-state index in [1.165, 1.54) is 12.1 Å². The Morgan fingerprint density at radius 3 is 2.67 bits per heavy atom. The Morgan fingerprint density at radius 2 is 2.11 bits per heavy atom. The van der Waals surface area contributed by atoms with Gasteiger partial charge in [-0.2, -0.15) is 0 Å². The van der Waals surface area contributed by atoms with E-state index < -0.39 is 11.7 Å². The van der Waals surface area contributed by atoms with E-state index in [-0.39, 0.29) is 17.9 Å². The van der Waals surface area contributed by atoms with Crippen molar-refractivity contribution in [1.82, 2.24) is 5.32 Å². The Morgan fingerprint density at radius 1 is 1.44 bits per heavy atom. The summed E-state index contributed by atoms with van der Waals surface area (Å²) in [5, 5.41) is 11.9. The van der Waals surface area contributed by atoms with Gasteiger partial charge in [0, 0.05) is 6.54 Å². The fraction of sp³-hybridized carbons (Fsp3) is 0.385. The molecule has 18 heavy (non-hydrogen) atoms. The van der Waals surface area contributed by atoms with Gasteiger partial charge in [-0.25, -0.2) is 4.79 Å². The van der Waals surface area contributed by atoms with Gasteiger partial charge in [-0.15, -0.1) is 0 Å². The normalized spacial score (nSPS) is 10.8. The van der Waals surface area contributed by atoms with E-state index in [2.05, 4.69) is 5.32 Å². The molecule has 1 aromatic rings. The molecule has 0 bridgehead atoms. The molecule has 5 nitrogen and oxygen atoms in total. The highest BCUT2D eigenvalue weighted by atomic mass is 16.6. The van der Waals surface area contributed by atoms with Crippen LogP contribution in [-0.4, -0.2) is 23.1 Å². The van der Waals surface area contributed by atoms with Crippen molar-refractivity contribution >= 4 is 12.4 Å². The number of benzene rings is 1. The van der Waals surface area contributed by atoms with Crippen molar-refractivity contribution < 1.29 is 19.4 Å². The van der Waals surface area contributed by atoms with Crippen molar-refractivity contribution in [3.05, 3.63) is 29.3 Å². The van der Waals surface area contributed by atoms with Gasteiger partial charge in [0.1, 0.15) is 11.4 Å². The van der Waals surface area contributed by atoms with Gasteiger partial charge in [0.25, 0.3) is 0 Å². The maximum absolute atomic E-state index is 11.4. The van der Waals surface area contributed by atoms with Crippen LogP contribution in [0.1, 0.15) is 36.7 Å². The van der Waals surface area contributed by atoms with Crippen LogP contribution in [0.15, 0.2) is 18.2 Å². The second-order valence-corrected chi connectivity index (χ2v) is 4.87. The molecule has 0 aliphatic heterocycles. The van der Waals surface area contributed by atoms with Gasteiger partial charge in [0.2, 0.25) is 0 Å². The highest BCUT2D eigenvalue weighted by molar-refractivity contribution is 5.79. The van der Waals surface area contributed by atoms with Crippen molar-refractivity contribution in [1.29, 1.82) is 0 Å². The van der Waals surface area contributed by atoms with Crippen LogP contribution >= 0.6 is 0 Å². The monoisotopic (exact) mass is 251 g/mol. The summed E-state index contributed by atoms with van der Waals surface area (Å²) in [4.78, 5) is 22.0. The summed E-state index contributed by atoms with van der Waals surface area (Å²) in [5.41, 5.74) is 0.353. The number of amides is 1. The average Bonchev–Trinajstić information content (AvgIpc) is 2.25. The predicted molar refractivity (Wildman–Crippen MR) is 66.6 cm³/mol. The van der Waals surface area contributed by atoms with E-state index in [9.17, 15) is 14.7 Å². The number of carbonyl (C=O) groups is 2. The van der Waals surface area contributed by atoms with Crippen LogP contribution in [0.3, 0.4) is 0 Å². The molecule has 0 fully saturated rings. The quantitative estimate of drug-likeness (QED) is 0.808. The fourth-order valence-corrected chi connectivity index (χ4v) is 1.30. The zero-order valence-electron chi connectivity index (χ0n) is 10.7. The third-order valence-electron chi connectivity index (χ3n) is 2.05. The number of phenols is 1. The minimum atomic E-state index is -0.549. The summed E-state index contributed by atoms with van der Waals surface area (Å²) in [6, 6.07) is 4.55. The first-order chi connectivity index (χ1) is 8.31. The lowest BCUT2D eigenvalue weighted by Gasteiger charge is -2.19. The molecule has 1 rings (SSSR count). The number of ether oxygens (including phenoxy) is 1. The van der Waals surface area contributed by atoms with Gasteiger partial charge >= 0.3 is 6.09 Å². The zero-order chi connectivity index (χ0) is 13.8. The number of nitrogens with one attached hydrogen (secondary N) is 1. The lowest BCUT2D eigenvalue weighted by molar-refractivity contribution is 0.0523. The van der Waals surface area contributed by atoms with Crippen molar-refractivity contribution in [3.8, 4) is 5.75 Å². The second kappa shape index (κ2) is 5.53. The maximum Gasteiger partial charge on any atom is 0.407 e. The fourth-order valence-electron chi connectivity index (χ4n) is 1.30. The highest BCUT2D eigenvalue weighted by Gasteiger charge is 2.15. The van der Waals surface area contributed by atoms with Crippen molar-refractivity contribution in [2.45, 2.75) is 32.9 Å². The molecule has 98 valence electrons. The van der Waals surface area contributed by atoms with Crippen molar-refractivity contribution in [2.24, 2.45) is 0 Å². The number of carbonyl (C=O) groups excluding carboxylic acids is 2. The van der Waals surface area contributed by atoms with Crippen molar-refractivity contribution in [3.63, 3.8) is 0 Å². The molecular weight excluding hydrogens is 234 g/mol. The summed E-state index contributed by atoms with van der Waals surface area (Å²) in [5.74, 6) is -0.0778. The van der Waals surface area contributed by atoms with E-state index in [4.69, 9.17) is 4.74 Å². The Labute approximate surface area is 106 Å². The van der Waals surface area contributed by atoms with Gasteiger partial charge in [0.05, 0.1) is 5.56 Å². The molecule has 2 N–H and O–H groups in total. The molecule has 0 aliphatic carbocycles. The summed E-state index contributed by atoms with van der Waals surface area (Å²) in [7, 11) is 0. The van der Waals surface area contributed by atoms with Gasteiger partial charge in [-0.1, -0.05) is 6.07 Å². The first-order valence-electron chi connectivity index (χ1n) is 5.56. The highest BCUT2D eigenvalue weighted by Crippen LogP contribution is 2.16. The summed E-state index contributed by atoms with van der Waals surface area (Å²) >= 11 is 0. The standard InChI is InChI=1S/C13H17NO4/c1-13(2,3)18-12(17)14-7-9-4-5-11(16)10(6-9)8-15/h4-6,8,16H,7H2,1-3H3,(H,14,17). The van der Waals surface area contributed by atoms with Gasteiger partial charge in [-0.05, 0) is 38.5 Å². The van der Waals surface area contributed by atoms with Crippen LogP contribution in [-0.2, 0) is 11.3 Å². The molecule has 0 saturated carbocycles. The third kappa shape index (κ3) is 4.45. The number of hydrogen-bond donors (Lipinski definition) is 2. The first-order valence-corrected chi connectivity index (χ1v) is 5.56. The van der Waals surface area contributed by atoms with Crippen LogP contribution in [0.2, 0.25) is 0 Å². The van der Waals surface area contributed by atoms with Crippen LogP contribution in [0.25, 0.3) is 0 Å². The minimum absolute atomic E-state index is 0.0778. The van der Waals surface area contributed by atoms with Crippen LogP contribution in [0.4, 0.5) is 4.79 Å². The molecule has 5 heteroatoms. The lowest BCUT2D eigenvalue weighted by atomic mass is 10.1. The summed E-state index contributed by atoms with van der Waals surface area (Å²) in [6.45, 7) is 5.56. The third-order valence-corrected chi connectivity index (χ3v) is 2.05. The number of phenolic OH excluding ortho intramolecular Hbond substituents is 1. The predicted octanol–water partition coefficient (Wildman–Crippen LogP) is 2.23. The number of aldehydes is 1. The molecule has 0 aromatic heterocycles. The minimum Gasteiger partial charge on any atom is -0.507 e. The Bertz CT molecular complexity index is 449. The summed E-state index contributed by atoms with van der Waals surface area (Å²) < 4.78 is 5.07. The molecule has 1 amide bonds. The van der Waals surface area contributed by atoms with Gasteiger partial charge < -0.3 is 15.2 Å². The Hall–Kier alpha value is -2.04. The van der Waals surface area contributed by atoms with Gasteiger partial charge in [-0.3, -0.25) is 4.79 Å². The largest absolute Gasteiger partial charge is 0.507 e. The number of alkyl carbamates (subject to hydrolysis) is 1. The molecule has 0 saturated heterocycles. The number of rotatable bonds is 3. The number of hydrogen-bond acceptors (Lipinski definition) is 4. The van der Waals surface area contributed by atoms with Crippen LogP contribution in [0.5, 0.6) is 5.75 Å². The molecule has 1 aromatic carbocycles. The van der Waals surface area contributed by atoms with E-state index in [1.807, 2.05) is 0 Å². The van der Waals surface area contributed by atoms with E-state index in [0.717, 1.165) is 0 Å². The Kier molecular flexibility index (Phi) is 4.31. The maximum atomic E-state index is 11.4. The van der Waals surface area contributed by atoms with E-state index >= 15 is 0 Å². The smallest absolute Gasteiger partial charge is 0.407 e. The zero-order valence-corrected chi connectivity index (χ0v) is 10.7. The van der Waals surface area contributed by atoms with Gasteiger partial charge in [0.15, 0.2) is 6.29 Å². The topological polar surface area (TPSA) is 75.6 Å². The molecule has 0 spiro atoms. The van der Waals surface area contributed by atoms with E-state index in [1.54, 1.807) is 26.8 Å². The molecule has 0 radical (unpaired) electrons. The average molecular weight is 251 g/mol. The second-order valence-electron chi connectivity index (χ2n) is 4.87. The van der Waals surface area contributed by atoms with Crippen molar-refractivity contribution in [2.75, 3.05) is 0 Å². The van der Waals surface area contributed by atoms with Crippen LogP contribution in [0, 0.1) is 0 Å². The molecule has 0 heterocycles. The molecule has 0 atom stereocenters. The van der Waals surface area contributed by atoms with E-state index in [0.29, 0.717) is 11.8 Å². The first kappa shape index (κ1) is 14.0. The SMILES string of the molecule is CC(C)(C)OC(=O)NCc1ccc(O)c(C=O)c1.